The second kappa shape index (κ2) is 3.47. The summed E-state index contributed by atoms with van der Waals surface area (Å²) < 4.78 is 0. The number of hydrogen-bond acceptors (Lipinski definition) is 1. The topological polar surface area (TPSA) is 12.0 Å². The molecule has 0 amide bonds. The van der Waals surface area contributed by atoms with Crippen molar-refractivity contribution in [3.05, 3.63) is 29.8 Å². The molecular formula is C9H14N-. The summed E-state index contributed by atoms with van der Waals surface area (Å²) in [6.07, 6.45) is 0. The van der Waals surface area contributed by atoms with Crippen LogP contribution < -0.4 is 5.32 Å². The normalized spacial score (nSPS) is 10.7. The molecule has 1 N–H and O–H groups in total. The molecular weight excluding hydrogens is 122 g/mol. The van der Waals surface area contributed by atoms with Crippen molar-refractivity contribution in [1.29, 1.82) is 0 Å². The van der Waals surface area contributed by atoms with E-state index in [1.807, 2.05) is 0 Å². The first-order chi connectivity index (χ1) is 4.79. The van der Waals surface area contributed by atoms with Gasteiger partial charge in [0.15, 0.2) is 0 Å². The van der Waals surface area contributed by atoms with Crippen LogP contribution in [0.15, 0.2) is 24.3 Å². The van der Waals surface area contributed by atoms with Crippen LogP contribution in [0.4, 0.5) is 0 Å². The second-order valence-corrected chi connectivity index (χ2v) is 2.83. The highest BCUT2D eigenvalue weighted by Gasteiger charge is 1.88. The lowest BCUT2D eigenvalue weighted by atomic mass is 10.3. The van der Waals surface area contributed by atoms with Crippen LogP contribution in [0.2, 0.25) is 0 Å². The van der Waals surface area contributed by atoms with Crippen molar-refractivity contribution in [1.82, 2.24) is 5.32 Å². The summed E-state index contributed by atoms with van der Waals surface area (Å²) >= 11 is 0. The first-order valence-corrected chi connectivity index (χ1v) is 3.73. The van der Waals surface area contributed by atoms with Crippen molar-refractivity contribution in [3.8, 4) is 0 Å². The first-order valence-electron chi connectivity index (χ1n) is 3.73. The van der Waals surface area contributed by atoms with Gasteiger partial charge in [0.25, 0.3) is 0 Å². The Balaban J connectivity index is 2.28. The van der Waals surface area contributed by atoms with Gasteiger partial charge in [-0.2, -0.15) is 12.1 Å². The zero-order valence-electron chi connectivity index (χ0n) is 6.59. The molecule has 0 atom stereocenters. The second-order valence-electron chi connectivity index (χ2n) is 2.83. The highest BCUT2D eigenvalue weighted by Crippen LogP contribution is 1.98. The van der Waals surface area contributed by atoms with Crippen molar-refractivity contribution >= 4 is 0 Å². The van der Waals surface area contributed by atoms with Crippen LogP contribution in [0.5, 0.6) is 0 Å². The van der Waals surface area contributed by atoms with Gasteiger partial charge in [-0.1, -0.05) is 13.8 Å². The maximum atomic E-state index is 3.35. The van der Waals surface area contributed by atoms with Gasteiger partial charge >= 0.3 is 0 Å². The van der Waals surface area contributed by atoms with Gasteiger partial charge in [0, 0.05) is 6.04 Å². The van der Waals surface area contributed by atoms with Crippen LogP contribution in [0.3, 0.4) is 0 Å². The van der Waals surface area contributed by atoms with E-state index in [-0.39, 0.29) is 0 Å². The molecule has 1 rings (SSSR count). The Kier molecular flexibility index (Phi) is 2.57. The summed E-state index contributed by atoms with van der Waals surface area (Å²) in [7, 11) is 0. The van der Waals surface area contributed by atoms with E-state index in [2.05, 4.69) is 43.4 Å². The molecule has 0 aliphatic carbocycles. The van der Waals surface area contributed by atoms with Crippen LogP contribution in [-0.2, 0) is 6.54 Å². The van der Waals surface area contributed by atoms with E-state index in [0.717, 1.165) is 6.54 Å². The van der Waals surface area contributed by atoms with Crippen LogP contribution in [0.1, 0.15) is 19.4 Å². The molecule has 1 aromatic rings. The summed E-state index contributed by atoms with van der Waals surface area (Å²) in [5, 5.41) is 3.35. The summed E-state index contributed by atoms with van der Waals surface area (Å²) in [4.78, 5) is 0. The summed E-state index contributed by atoms with van der Waals surface area (Å²) in [6, 6.07) is 8.98. The van der Waals surface area contributed by atoms with Crippen LogP contribution in [0, 0.1) is 0 Å². The third-order valence-electron chi connectivity index (χ3n) is 1.45. The summed E-state index contributed by atoms with van der Waals surface area (Å²) in [5.74, 6) is 0. The highest BCUT2D eigenvalue weighted by molar-refractivity contribution is 5.15. The lowest BCUT2D eigenvalue weighted by molar-refractivity contribution is 0.589. The molecule has 0 radical (unpaired) electrons. The molecule has 10 heavy (non-hydrogen) atoms. The van der Waals surface area contributed by atoms with Gasteiger partial charge in [-0.05, 0) is 6.54 Å². The van der Waals surface area contributed by atoms with Crippen molar-refractivity contribution in [3.63, 3.8) is 0 Å². The Morgan fingerprint density at radius 1 is 1.30 bits per heavy atom. The van der Waals surface area contributed by atoms with Crippen LogP contribution in [-0.4, -0.2) is 6.04 Å². The van der Waals surface area contributed by atoms with Crippen LogP contribution >= 0.6 is 0 Å². The van der Waals surface area contributed by atoms with Gasteiger partial charge in [-0.25, -0.2) is 12.1 Å². The Morgan fingerprint density at radius 3 is 2.40 bits per heavy atom. The Bertz CT molecular complexity index is 163. The van der Waals surface area contributed by atoms with Crippen molar-refractivity contribution in [2.24, 2.45) is 0 Å². The van der Waals surface area contributed by atoms with E-state index < -0.39 is 0 Å². The van der Waals surface area contributed by atoms with Crippen LogP contribution in [0.25, 0.3) is 0 Å². The Labute approximate surface area is 62.4 Å². The molecule has 56 valence electrons. The van der Waals surface area contributed by atoms with E-state index in [1.165, 1.54) is 5.56 Å². The molecule has 1 nitrogen and oxygen atoms in total. The van der Waals surface area contributed by atoms with E-state index in [1.54, 1.807) is 0 Å². The molecule has 0 spiro atoms. The molecule has 0 unspecified atom stereocenters. The predicted octanol–water partition coefficient (Wildman–Crippen LogP) is 1.90. The van der Waals surface area contributed by atoms with E-state index in [9.17, 15) is 0 Å². The largest absolute Gasteiger partial charge is 0.322 e. The molecule has 0 aromatic heterocycles. The summed E-state index contributed by atoms with van der Waals surface area (Å²) in [6.45, 7) is 5.30. The minimum Gasteiger partial charge on any atom is -0.322 e. The van der Waals surface area contributed by atoms with Gasteiger partial charge in [-0.3, -0.25) is 0 Å². The minimum absolute atomic E-state index is 0.579. The molecule has 0 aliphatic heterocycles. The zero-order chi connectivity index (χ0) is 7.40. The average Bonchev–Trinajstić information content (AvgIpc) is 2.34. The fourth-order valence-corrected chi connectivity index (χ4v) is 0.854. The number of rotatable bonds is 3. The molecule has 0 bridgehead atoms. The third-order valence-corrected chi connectivity index (χ3v) is 1.45. The Morgan fingerprint density at radius 2 is 1.90 bits per heavy atom. The molecule has 0 saturated heterocycles. The molecule has 1 aromatic carbocycles. The minimum atomic E-state index is 0.579. The first kappa shape index (κ1) is 7.42. The fraction of sp³-hybridized carbons (Fsp3) is 0.444. The lowest BCUT2D eigenvalue weighted by Crippen LogP contribution is -2.21. The van der Waals surface area contributed by atoms with Gasteiger partial charge in [0.1, 0.15) is 0 Å². The molecule has 0 aliphatic rings. The number of nitrogens with one attached hydrogen (secondary N) is 1. The summed E-state index contributed by atoms with van der Waals surface area (Å²) in [5.41, 5.74) is 1.37. The predicted molar refractivity (Wildman–Crippen MR) is 44.0 cm³/mol. The highest BCUT2D eigenvalue weighted by atomic mass is 14.9. The SMILES string of the molecule is CC(C)NC[c-]1cccc1. The maximum Gasteiger partial charge on any atom is 0.000272 e. The smallest absolute Gasteiger partial charge is 0.000272 e. The van der Waals surface area contributed by atoms with E-state index in [4.69, 9.17) is 0 Å². The maximum absolute atomic E-state index is 3.35. The molecule has 0 fully saturated rings. The van der Waals surface area contributed by atoms with Gasteiger partial charge in [0.05, 0.1) is 0 Å². The quantitative estimate of drug-likeness (QED) is 0.626. The van der Waals surface area contributed by atoms with E-state index >= 15 is 0 Å². The van der Waals surface area contributed by atoms with Gasteiger partial charge < -0.3 is 5.32 Å². The lowest BCUT2D eigenvalue weighted by Gasteiger charge is -2.08. The van der Waals surface area contributed by atoms with Gasteiger partial charge in [0.2, 0.25) is 0 Å². The molecule has 0 saturated carbocycles. The zero-order valence-corrected chi connectivity index (χ0v) is 6.59. The Hall–Kier alpha value is -0.690. The molecule has 1 heteroatoms. The monoisotopic (exact) mass is 136 g/mol. The van der Waals surface area contributed by atoms with Crippen molar-refractivity contribution in [2.75, 3.05) is 0 Å². The van der Waals surface area contributed by atoms with Crippen molar-refractivity contribution in [2.45, 2.75) is 26.4 Å². The number of hydrogen-bond donors (Lipinski definition) is 1. The standard InChI is InChI=1S/C9H14N/c1-8(2)10-7-9-5-3-4-6-9/h3-6,8,10H,7H2,1-2H3/q-1. The average molecular weight is 136 g/mol. The van der Waals surface area contributed by atoms with Gasteiger partial charge in [-0.15, -0.1) is 5.56 Å². The fourth-order valence-electron chi connectivity index (χ4n) is 0.854. The third kappa shape index (κ3) is 2.28. The van der Waals surface area contributed by atoms with E-state index in [0.29, 0.717) is 6.04 Å². The van der Waals surface area contributed by atoms with Crippen molar-refractivity contribution < 1.29 is 0 Å². The molecule has 0 heterocycles.